The lowest BCUT2D eigenvalue weighted by atomic mass is 10.2. The van der Waals surface area contributed by atoms with Crippen LogP contribution in [0.25, 0.3) is 0 Å². The van der Waals surface area contributed by atoms with Gasteiger partial charge in [-0.2, -0.15) is 0 Å². The number of aromatic nitrogens is 1. The first-order valence-electron chi connectivity index (χ1n) is 6.60. The minimum absolute atomic E-state index is 0.0900. The molecule has 0 bridgehead atoms. The molecule has 6 heteroatoms. The van der Waals surface area contributed by atoms with Crippen LogP contribution >= 0.6 is 11.3 Å². The van der Waals surface area contributed by atoms with Crippen molar-refractivity contribution >= 4 is 23.2 Å². The van der Waals surface area contributed by atoms with Gasteiger partial charge in [0.25, 0.3) is 0 Å². The number of carbonyl (C=O) groups excluding carboxylic acids is 2. The molecule has 5 nitrogen and oxygen atoms in total. The molecular weight excluding hydrogens is 276 g/mol. The Morgan fingerprint density at radius 3 is 2.55 bits per heavy atom. The fraction of sp³-hybridized carbons (Fsp3) is 0.643. The van der Waals surface area contributed by atoms with Gasteiger partial charge in [0.05, 0.1) is 12.5 Å². The quantitative estimate of drug-likeness (QED) is 0.849. The topological polar surface area (TPSA) is 68.3 Å². The standard InChI is InChI=1S/C14H22N2O3S/c1-9-8-20-13(15-9)10(2)16-11(17)6-7-12(18)19-14(3,4)5/h8,10H,6-7H2,1-5H3,(H,16,17). The van der Waals surface area contributed by atoms with Gasteiger partial charge in [-0.3, -0.25) is 9.59 Å². The summed E-state index contributed by atoms with van der Waals surface area (Å²) in [5.41, 5.74) is 0.430. The normalized spacial score (nSPS) is 12.8. The van der Waals surface area contributed by atoms with Gasteiger partial charge in [0, 0.05) is 17.5 Å². The molecule has 0 saturated heterocycles. The molecule has 1 atom stereocenters. The van der Waals surface area contributed by atoms with E-state index in [1.54, 1.807) is 20.8 Å². The third-order valence-electron chi connectivity index (χ3n) is 2.36. The number of ether oxygens (including phenoxy) is 1. The highest BCUT2D eigenvalue weighted by Gasteiger charge is 2.18. The molecule has 112 valence electrons. The first-order valence-corrected chi connectivity index (χ1v) is 7.48. The molecule has 1 aromatic rings. The molecule has 20 heavy (non-hydrogen) atoms. The number of carbonyl (C=O) groups is 2. The number of amides is 1. The highest BCUT2D eigenvalue weighted by Crippen LogP contribution is 2.17. The van der Waals surface area contributed by atoms with E-state index in [0.717, 1.165) is 10.7 Å². The zero-order chi connectivity index (χ0) is 15.3. The first kappa shape index (κ1) is 16.6. The van der Waals surface area contributed by atoms with Crippen LogP contribution in [-0.2, 0) is 14.3 Å². The van der Waals surface area contributed by atoms with Crippen molar-refractivity contribution in [3.05, 3.63) is 16.1 Å². The van der Waals surface area contributed by atoms with Gasteiger partial charge < -0.3 is 10.1 Å². The van der Waals surface area contributed by atoms with Gasteiger partial charge in [-0.05, 0) is 34.6 Å². The van der Waals surface area contributed by atoms with Crippen molar-refractivity contribution < 1.29 is 14.3 Å². The van der Waals surface area contributed by atoms with Crippen LogP contribution in [0.2, 0.25) is 0 Å². The monoisotopic (exact) mass is 298 g/mol. The Kier molecular flexibility index (Phi) is 5.68. The largest absolute Gasteiger partial charge is 0.460 e. The number of nitrogens with one attached hydrogen (secondary N) is 1. The molecule has 0 aliphatic heterocycles. The number of rotatable bonds is 5. The van der Waals surface area contributed by atoms with E-state index in [4.69, 9.17) is 4.74 Å². The van der Waals surface area contributed by atoms with E-state index in [9.17, 15) is 9.59 Å². The molecule has 0 spiro atoms. The summed E-state index contributed by atoms with van der Waals surface area (Å²) in [5.74, 6) is -0.526. The van der Waals surface area contributed by atoms with Crippen LogP contribution in [0.5, 0.6) is 0 Å². The summed E-state index contributed by atoms with van der Waals surface area (Å²) < 4.78 is 5.15. The van der Waals surface area contributed by atoms with Crippen molar-refractivity contribution in [3.63, 3.8) is 0 Å². The molecule has 1 unspecified atom stereocenters. The van der Waals surface area contributed by atoms with Crippen LogP contribution in [0.1, 0.15) is 57.3 Å². The fourth-order valence-electron chi connectivity index (χ4n) is 1.55. The van der Waals surface area contributed by atoms with E-state index < -0.39 is 5.60 Å². The summed E-state index contributed by atoms with van der Waals surface area (Å²) in [6, 6.07) is -0.139. The van der Waals surface area contributed by atoms with Crippen LogP contribution in [0.3, 0.4) is 0 Å². The Morgan fingerprint density at radius 2 is 2.05 bits per heavy atom. The Bertz CT molecular complexity index is 477. The maximum absolute atomic E-state index is 11.8. The van der Waals surface area contributed by atoms with Crippen molar-refractivity contribution in [2.75, 3.05) is 0 Å². The lowest BCUT2D eigenvalue weighted by Crippen LogP contribution is -2.28. The van der Waals surface area contributed by atoms with E-state index >= 15 is 0 Å². The molecule has 0 aromatic carbocycles. The highest BCUT2D eigenvalue weighted by atomic mass is 32.1. The average Bonchev–Trinajstić information content (AvgIpc) is 2.71. The van der Waals surface area contributed by atoms with Crippen LogP contribution < -0.4 is 5.32 Å². The van der Waals surface area contributed by atoms with Crippen molar-refractivity contribution in [3.8, 4) is 0 Å². The molecular formula is C14H22N2O3S. The number of aryl methyl sites for hydroxylation is 1. The minimum Gasteiger partial charge on any atom is -0.460 e. The van der Waals surface area contributed by atoms with Gasteiger partial charge in [0.1, 0.15) is 10.6 Å². The zero-order valence-electron chi connectivity index (χ0n) is 12.6. The molecule has 0 saturated carbocycles. The molecule has 1 rings (SSSR count). The smallest absolute Gasteiger partial charge is 0.306 e. The maximum Gasteiger partial charge on any atom is 0.306 e. The molecule has 1 amide bonds. The second-order valence-electron chi connectivity index (χ2n) is 5.70. The first-order chi connectivity index (χ1) is 9.17. The Hall–Kier alpha value is -1.43. The van der Waals surface area contributed by atoms with Gasteiger partial charge in [0.15, 0.2) is 0 Å². The van der Waals surface area contributed by atoms with Crippen LogP contribution in [0, 0.1) is 6.92 Å². The van der Waals surface area contributed by atoms with Gasteiger partial charge in [-0.1, -0.05) is 0 Å². The average molecular weight is 298 g/mol. The number of hydrogen-bond donors (Lipinski definition) is 1. The van der Waals surface area contributed by atoms with Crippen LogP contribution in [0.4, 0.5) is 0 Å². The van der Waals surface area contributed by atoms with Gasteiger partial charge >= 0.3 is 5.97 Å². The number of nitrogens with zero attached hydrogens (tertiary/aromatic N) is 1. The zero-order valence-corrected chi connectivity index (χ0v) is 13.5. The van der Waals surface area contributed by atoms with E-state index in [2.05, 4.69) is 10.3 Å². The molecule has 0 fully saturated rings. The van der Waals surface area contributed by atoms with Gasteiger partial charge in [-0.15, -0.1) is 11.3 Å². The van der Waals surface area contributed by atoms with E-state index in [0.29, 0.717) is 0 Å². The van der Waals surface area contributed by atoms with Gasteiger partial charge in [0.2, 0.25) is 5.91 Å². The lowest BCUT2D eigenvalue weighted by Gasteiger charge is -2.19. The number of thiazole rings is 1. The molecule has 1 aromatic heterocycles. The maximum atomic E-state index is 11.8. The van der Waals surface area contributed by atoms with Crippen LogP contribution in [0.15, 0.2) is 5.38 Å². The Balaban J connectivity index is 2.35. The van der Waals surface area contributed by atoms with Crippen molar-refractivity contribution in [2.24, 2.45) is 0 Å². The van der Waals surface area contributed by atoms with Crippen molar-refractivity contribution in [2.45, 2.75) is 59.1 Å². The number of esters is 1. The minimum atomic E-state index is -0.515. The predicted octanol–water partition coefficient (Wildman–Crippen LogP) is 2.75. The summed E-state index contributed by atoms with van der Waals surface area (Å²) in [5, 5.41) is 5.64. The second kappa shape index (κ2) is 6.83. The third kappa shape index (κ3) is 6.14. The summed E-state index contributed by atoms with van der Waals surface area (Å²) in [4.78, 5) is 27.6. The summed E-state index contributed by atoms with van der Waals surface area (Å²) >= 11 is 1.51. The third-order valence-corrected chi connectivity index (χ3v) is 3.51. The van der Waals surface area contributed by atoms with Crippen molar-refractivity contribution in [1.82, 2.24) is 10.3 Å². The summed E-state index contributed by atoms with van der Waals surface area (Å²) in [6.45, 7) is 9.20. The molecule has 0 aliphatic rings. The summed E-state index contributed by atoms with van der Waals surface area (Å²) in [7, 11) is 0. The van der Waals surface area contributed by atoms with Gasteiger partial charge in [-0.25, -0.2) is 4.98 Å². The second-order valence-corrected chi connectivity index (χ2v) is 6.59. The summed E-state index contributed by atoms with van der Waals surface area (Å²) in [6.07, 6.45) is 0.219. The molecule has 0 aliphatic carbocycles. The highest BCUT2D eigenvalue weighted by molar-refractivity contribution is 7.09. The Labute approximate surface area is 123 Å². The van der Waals surface area contributed by atoms with E-state index in [-0.39, 0.29) is 30.8 Å². The fourth-order valence-corrected chi connectivity index (χ4v) is 2.36. The predicted molar refractivity (Wildman–Crippen MR) is 78.5 cm³/mol. The SMILES string of the molecule is Cc1csc(C(C)NC(=O)CCC(=O)OC(C)(C)C)n1. The molecule has 0 radical (unpaired) electrons. The lowest BCUT2D eigenvalue weighted by molar-refractivity contribution is -0.155. The Morgan fingerprint density at radius 1 is 1.40 bits per heavy atom. The van der Waals surface area contributed by atoms with Crippen molar-refractivity contribution in [1.29, 1.82) is 0 Å². The molecule has 1 heterocycles. The van der Waals surface area contributed by atoms with E-state index in [1.165, 1.54) is 11.3 Å². The number of hydrogen-bond acceptors (Lipinski definition) is 5. The van der Waals surface area contributed by atoms with E-state index in [1.807, 2.05) is 19.2 Å². The van der Waals surface area contributed by atoms with Crippen LogP contribution in [-0.4, -0.2) is 22.5 Å². The molecule has 1 N–H and O–H groups in total.